The third-order valence-corrected chi connectivity index (χ3v) is 6.99. The summed E-state index contributed by atoms with van der Waals surface area (Å²) in [6.45, 7) is 1.80. The fraction of sp³-hybridized carbons (Fsp3) is 0.192. The van der Waals surface area contributed by atoms with Crippen LogP contribution in [0.3, 0.4) is 0 Å². The van der Waals surface area contributed by atoms with Crippen LogP contribution in [0, 0.1) is 6.92 Å². The Morgan fingerprint density at radius 1 is 1.19 bits per heavy atom. The van der Waals surface area contributed by atoms with E-state index in [9.17, 15) is 9.59 Å². The monoisotopic (exact) mass is 498 g/mol. The number of H-pyrrole nitrogens is 1. The van der Waals surface area contributed by atoms with E-state index in [0.717, 1.165) is 29.0 Å². The molecule has 0 atom stereocenters. The highest BCUT2D eigenvalue weighted by molar-refractivity contribution is 7.13. The Bertz CT molecular complexity index is 1600. The summed E-state index contributed by atoms with van der Waals surface area (Å²) >= 11 is 1.52. The molecule has 1 aromatic carbocycles. The number of aromatic amines is 1. The molecule has 0 saturated heterocycles. The molecule has 9 nitrogen and oxygen atoms in total. The van der Waals surface area contributed by atoms with Crippen molar-refractivity contribution in [1.82, 2.24) is 24.9 Å². The zero-order valence-corrected chi connectivity index (χ0v) is 20.2. The van der Waals surface area contributed by atoms with Gasteiger partial charge in [-0.15, -0.1) is 11.3 Å². The number of nitrogens with zero attached hydrogens (tertiary/aromatic N) is 4. The van der Waals surface area contributed by atoms with Gasteiger partial charge < -0.3 is 9.84 Å². The number of nitrogens with one attached hydrogen (secondary N) is 2. The average molecular weight is 499 g/mol. The molecule has 1 amide bonds. The number of anilines is 1. The first-order valence-electron chi connectivity index (χ1n) is 11.6. The van der Waals surface area contributed by atoms with Crippen molar-refractivity contribution in [2.45, 2.75) is 32.1 Å². The van der Waals surface area contributed by atoms with Crippen LogP contribution in [-0.4, -0.2) is 30.8 Å². The van der Waals surface area contributed by atoms with Crippen molar-refractivity contribution < 1.29 is 9.32 Å². The first-order chi connectivity index (χ1) is 17.5. The molecular weight excluding hydrogens is 476 g/mol. The number of carbonyl (C=O) groups excluding carboxylic acids is 1. The molecule has 1 saturated carbocycles. The summed E-state index contributed by atoms with van der Waals surface area (Å²) in [5.41, 5.74) is 2.78. The summed E-state index contributed by atoms with van der Waals surface area (Å²) < 4.78 is 6.77. The SMILES string of the molecule is Cc1nc(-n2nc(-c3cccs3)cc2NC(=O)c2cc(C3CC3)on2)[nH]c(=O)c1Cc1ccccc1. The molecule has 0 spiro atoms. The van der Waals surface area contributed by atoms with Crippen LogP contribution in [0.5, 0.6) is 0 Å². The summed E-state index contributed by atoms with van der Waals surface area (Å²) in [7, 11) is 0. The number of aromatic nitrogens is 5. The van der Waals surface area contributed by atoms with Crippen molar-refractivity contribution in [3.63, 3.8) is 0 Å². The first kappa shape index (κ1) is 22.2. The van der Waals surface area contributed by atoms with E-state index in [2.05, 4.69) is 25.5 Å². The van der Waals surface area contributed by atoms with Gasteiger partial charge in [-0.05, 0) is 36.8 Å². The highest BCUT2D eigenvalue weighted by Crippen LogP contribution is 2.40. The Balaban J connectivity index is 1.36. The summed E-state index contributed by atoms with van der Waals surface area (Å²) in [5.74, 6) is 1.22. The molecule has 5 aromatic rings. The van der Waals surface area contributed by atoms with Crippen LogP contribution < -0.4 is 10.9 Å². The molecule has 0 unspecified atom stereocenters. The highest BCUT2D eigenvalue weighted by atomic mass is 32.1. The number of rotatable bonds is 7. The van der Waals surface area contributed by atoms with Gasteiger partial charge in [-0.1, -0.05) is 41.6 Å². The number of hydrogen-bond donors (Lipinski definition) is 2. The quantitative estimate of drug-likeness (QED) is 0.336. The minimum absolute atomic E-state index is 0.193. The molecule has 0 radical (unpaired) electrons. The number of amides is 1. The standard InChI is InChI=1S/C26H22N6O3S/c1-15-18(12-16-6-3-2-4-7-16)24(33)29-26(27-15)32-23(14-19(30-32)22-8-5-11-36-22)28-25(34)20-13-21(35-31-20)17-9-10-17/h2-8,11,13-14,17H,9-10,12H2,1H3,(H,28,34)(H,27,29,33). The lowest BCUT2D eigenvalue weighted by Crippen LogP contribution is -2.22. The first-order valence-corrected chi connectivity index (χ1v) is 12.5. The molecule has 1 fully saturated rings. The predicted octanol–water partition coefficient (Wildman–Crippen LogP) is 4.70. The third kappa shape index (κ3) is 4.38. The zero-order chi connectivity index (χ0) is 24.6. The van der Waals surface area contributed by atoms with Crippen LogP contribution >= 0.6 is 11.3 Å². The van der Waals surface area contributed by atoms with Crippen molar-refractivity contribution >= 4 is 23.1 Å². The zero-order valence-electron chi connectivity index (χ0n) is 19.4. The minimum atomic E-state index is -0.427. The highest BCUT2D eigenvalue weighted by Gasteiger charge is 2.29. The number of carbonyl (C=O) groups is 1. The van der Waals surface area contributed by atoms with Gasteiger partial charge in [0.15, 0.2) is 5.69 Å². The van der Waals surface area contributed by atoms with Gasteiger partial charge in [-0.2, -0.15) is 9.78 Å². The van der Waals surface area contributed by atoms with Crippen LogP contribution in [0.1, 0.15) is 51.8 Å². The van der Waals surface area contributed by atoms with Crippen LogP contribution in [0.2, 0.25) is 0 Å². The summed E-state index contributed by atoms with van der Waals surface area (Å²) in [6, 6.07) is 17.0. The van der Waals surface area contributed by atoms with E-state index in [-0.39, 0.29) is 17.2 Å². The van der Waals surface area contributed by atoms with Crippen LogP contribution in [0.15, 0.2) is 69.3 Å². The minimum Gasteiger partial charge on any atom is -0.360 e. The molecule has 1 aliphatic carbocycles. The van der Waals surface area contributed by atoms with E-state index in [0.29, 0.717) is 35.1 Å². The van der Waals surface area contributed by atoms with Crippen LogP contribution in [-0.2, 0) is 6.42 Å². The number of benzene rings is 1. The fourth-order valence-electron chi connectivity index (χ4n) is 4.02. The Labute approximate surface area is 209 Å². The van der Waals surface area contributed by atoms with Gasteiger partial charge in [0.25, 0.3) is 11.5 Å². The predicted molar refractivity (Wildman–Crippen MR) is 136 cm³/mol. The number of aryl methyl sites for hydroxylation is 1. The van der Waals surface area contributed by atoms with E-state index < -0.39 is 5.91 Å². The van der Waals surface area contributed by atoms with Gasteiger partial charge in [-0.3, -0.25) is 14.6 Å². The lowest BCUT2D eigenvalue weighted by atomic mass is 10.1. The van der Waals surface area contributed by atoms with E-state index in [1.165, 1.54) is 16.0 Å². The average Bonchev–Trinajstić information content (AvgIpc) is 3.27. The maximum atomic E-state index is 13.1. The molecule has 0 bridgehead atoms. The smallest absolute Gasteiger partial charge is 0.279 e. The lowest BCUT2D eigenvalue weighted by molar-refractivity contribution is 0.101. The van der Waals surface area contributed by atoms with E-state index >= 15 is 0 Å². The van der Waals surface area contributed by atoms with E-state index in [4.69, 9.17) is 4.52 Å². The van der Waals surface area contributed by atoms with Gasteiger partial charge in [0.1, 0.15) is 17.3 Å². The fourth-order valence-corrected chi connectivity index (χ4v) is 4.70. The van der Waals surface area contributed by atoms with Crippen molar-refractivity contribution in [2.24, 2.45) is 0 Å². The van der Waals surface area contributed by atoms with Gasteiger partial charge >= 0.3 is 0 Å². The van der Waals surface area contributed by atoms with E-state index in [1.54, 1.807) is 19.1 Å². The van der Waals surface area contributed by atoms with Gasteiger partial charge in [-0.25, -0.2) is 4.98 Å². The topological polar surface area (TPSA) is 119 Å². The Kier molecular flexibility index (Phi) is 5.57. The summed E-state index contributed by atoms with van der Waals surface area (Å²) in [4.78, 5) is 34.4. The maximum Gasteiger partial charge on any atom is 0.279 e. The second-order valence-corrected chi connectivity index (χ2v) is 9.71. The number of thiophene rings is 1. The molecule has 2 N–H and O–H groups in total. The summed E-state index contributed by atoms with van der Waals surface area (Å²) in [6.07, 6.45) is 2.56. The molecule has 1 aliphatic rings. The third-order valence-electron chi connectivity index (χ3n) is 6.10. The van der Waals surface area contributed by atoms with Crippen molar-refractivity contribution in [1.29, 1.82) is 0 Å². The van der Waals surface area contributed by atoms with Crippen LogP contribution in [0.25, 0.3) is 16.5 Å². The largest absolute Gasteiger partial charge is 0.360 e. The second-order valence-electron chi connectivity index (χ2n) is 8.76. The second kappa shape index (κ2) is 9.04. The number of hydrogen-bond acceptors (Lipinski definition) is 7. The Morgan fingerprint density at radius 2 is 2.03 bits per heavy atom. The molecule has 0 aliphatic heterocycles. The molecule has 4 heterocycles. The molecular formula is C26H22N6O3S. The summed E-state index contributed by atoms with van der Waals surface area (Å²) in [5, 5.41) is 13.4. The Morgan fingerprint density at radius 3 is 2.75 bits per heavy atom. The molecule has 10 heteroatoms. The van der Waals surface area contributed by atoms with Gasteiger partial charge in [0.05, 0.1) is 10.6 Å². The van der Waals surface area contributed by atoms with Crippen molar-refractivity contribution in [2.75, 3.05) is 5.32 Å². The molecule has 180 valence electrons. The molecule has 36 heavy (non-hydrogen) atoms. The molecule has 6 rings (SSSR count). The lowest BCUT2D eigenvalue weighted by Gasteiger charge is -2.10. The molecule has 4 aromatic heterocycles. The maximum absolute atomic E-state index is 13.1. The normalized spacial score (nSPS) is 13.1. The van der Waals surface area contributed by atoms with Gasteiger partial charge in [0, 0.05) is 30.0 Å². The van der Waals surface area contributed by atoms with Gasteiger partial charge in [0.2, 0.25) is 5.95 Å². The van der Waals surface area contributed by atoms with Crippen molar-refractivity contribution in [3.8, 4) is 16.5 Å². The van der Waals surface area contributed by atoms with Crippen LogP contribution in [0.4, 0.5) is 5.82 Å². The Hall–Kier alpha value is -4.31. The van der Waals surface area contributed by atoms with E-state index in [1.807, 2.05) is 47.8 Å². The van der Waals surface area contributed by atoms with Crippen molar-refractivity contribution in [3.05, 3.63) is 98.6 Å².